The van der Waals surface area contributed by atoms with Crippen molar-refractivity contribution in [3.8, 4) is 17.0 Å². The Morgan fingerprint density at radius 2 is 1.81 bits per heavy atom. The van der Waals surface area contributed by atoms with Crippen LogP contribution in [-0.4, -0.2) is 36.7 Å². The fraction of sp³-hybridized carbons (Fsp3) is 0.333. The first-order valence-corrected chi connectivity index (χ1v) is 9.39. The predicted octanol–water partition coefficient (Wildman–Crippen LogP) is 3.89. The zero-order chi connectivity index (χ0) is 19.1. The van der Waals surface area contributed by atoms with Crippen LogP contribution in [-0.2, 0) is 0 Å². The lowest BCUT2D eigenvalue weighted by Crippen LogP contribution is -2.10. The number of anilines is 2. The minimum Gasteiger partial charge on any atom is -0.497 e. The molecule has 2 heterocycles. The fourth-order valence-electron chi connectivity index (χ4n) is 2.83. The highest BCUT2D eigenvalue weighted by Gasteiger charge is 2.10. The van der Waals surface area contributed by atoms with Crippen LogP contribution in [0.5, 0.6) is 5.75 Å². The zero-order valence-corrected chi connectivity index (χ0v) is 16.0. The largest absolute Gasteiger partial charge is 0.497 e. The molecule has 0 aliphatic rings. The molecule has 3 rings (SSSR count). The Bertz CT molecular complexity index is 880. The summed E-state index contributed by atoms with van der Waals surface area (Å²) in [5.41, 5.74) is 8.43. The molecule has 0 fully saturated rings. The SMILES string of the molecule is CCCNc1ccc2c(NCCCN)nc(-c3ccc(OC)cc3)cc2n1. The van der Waals surface area contributed by atoms with E-state index in [0.717, 1.165) is 65.5 Å². The van der Waals surface area contributed by atoms with Gasteiger partial charge in [0.25, 0.3) is 0 Å². The van der Waals surface area contributed by atoms with Gasteiger partial charge >= 0.3 is 0 Å². The van der Waals surface area contributed by atoms with Crippen LogP contribution >= 0.6 is 0 Å². The second-order valence-electron chi connectivity index (χ2n) is 6.34. The molecule has 27 heavy (non-hydrogen) atoms. The maximum Gasteiger partial charge on any atom is 0.136 e. The topological polar surface area (TPSA) is 85.1 Å². The number of hydrogen-bond donors (Lipinski definition) is 3. The number of nitrogens with zero attached hydrogens (tertiary/aromatic N) is 2. The van der Waals surface area contributed by atoms with Crippen LogP contribution in [0.15, 0.2) is 42.5 Å². The summed E-state index contributed by atoms with van der Waals surface area (Å²) in [4.78, 5) is 9.62. The highest BCUT2D eigenvalue weighted by molar-refractivity contribution is 5.93. The van der Waals surface area contributed by atoms with Crippen molar-refractivity contribution in [3.63, 3.8) is 0 Å². The van der Waals surface area contributed by atoms with Gasteiger partial charge in [-0.15, -0.1) is 0 Å². The van der Waals surface area contributed by atoms with E-state index < -0.39 is 0 Å². The lowest BCUT2D eigenvalue weighted by Gasteiger charge is -2.13. The summed E-state index contributed by atoms with van der Waals surface area (Å²) in [5, 5.41) is 7.76. The van der Waals surface area contributed by atoms with Gasteiger partial charge in [0.05, 0.1) is 18.3 Å². The number of rotatable bonds is 9. The molecular formula is C21H27N5O. The van der Waals surface area contributed by atoms with Crippen LogP contribution in [0, 0.1) is 0 Å². The van der Waals surface area contributed by atoms with Gasteiger partial charge in [-0.05, 0) is 61.9 Å². The molecule has 6 heteroatoms. The molecule has 0 unspecified atom stereocenters. The number of nitrogens with two attached hydrogens (primary N) is 1. The van der Waals surface area contributed by atoms with Crippen molar-refractivity contribution in [1.82, 2.24) is 9.97 Å². The van der Waals surface area contributed by atoms with Crippen molar-refractivity contribution in [1.29, 1.82) is 0 Å². The van der Waals surface area contributed by atoms with Gasteiger partial charge in [-0.3, -0.25) is 0 Å². The van der Waals surface area contributed by atoms with Crippen molar-refractivity contribution in [2.75, 3.05) is 37.4 Å². The molecule has 3 aromatic rings. The molecule has 0 aliphatic carbocycles. The van der Waals surface area contributed by atoms with Gasteiger partial charge in [0.15, 0.2) is 0 Å². The first-order valence-electron chi connectivity index (χ1n) is 9.39. The molecule has 0 radical (unpaired) electrons. The Morgan fingerprint density at radius 1 is 1.00 bits per heavy atom. The average molecular weight is 365 g/mol. The molecule has 6 nitrogen and oxygen atoms in total. The Morgan fingerprint density at radius 3 is 2.52 bits per heavy atom. The van der Waals surface area contributed by atoms with Gasteiger partial charge in [-0.2, -0.15) is 0 Å². The Balaban J connectivity index is 2.02. The third-order valence-electron chi connectivity index (χ3n) is 4.30. The second-order valence-corrected chi connectivity index (χ2v) is 6.34. The number of nitrogens with one attached hydrogen (secondary N) is 2. The van der Waals surface area contributed by atoms with E-state index in [9.17, 15) is 0 Å². The summed E-state index contributed by atoms with van der Waals surface area (Å²) >= 11 is 0. The Kier molecular flexibility index (Phi) is 6.44. The van der Waals surface area contributed by atoms with E-state index >= 15 is 0 Å². The Hall–Kier alpha value is -2.86. The molecule has 0 spiro atoms. The summed E-state index contributed by atoms with van der Waals surface area (Å²) in [6, 6.07) is 14.0. The molecule has 2 aromatic heterocycles. The van der Waals surface area contributed by atoms with Crippen LogP contribution in [0.3, 0.4) is 0 Å². The second kappa shape index (κ2) is 9.19. The van der Waals surface area contributed by atoms with Gasteiger partial charge in [0, 0.05) is 24.0 Å². The monoisotopic (exact) mass is 365 g/mol. The van der Waals surface area contributed by atoms with E-state index in [1.54, 1.807) is 7.11 Å². The molecule has 142 valence electrons. The van der Waals surface area contributed by atoms with Gasteiger partial charge in [0.2, 0.25) is 0 Å². The first-order chi connectivity index (χ1) is 13.2. The first kappa shape index (κ1) is 18.9. The molecule has 0 amide bonds. The van der Waals surface area contributed by atoms with Crippen molar-refractivity contribution < 1.29 is 4.74 Å². The van der Waals surface area contributed by atoms with E-state index in [2.05, 4.69) is 23.6 Å². The average Bonchev–Trinajstić information content (AvgIpc) is 2.72. The van der Waals surface area contributed by atoms with Crippen LogP contribution in [0.25, 0.3) is 22.2 Å². The minimum absolute atomic E-state index is 0.645. The molecule has 0 saturated heterocycles. The van der Waals surface area contributed by atoms with Crippen molar-refractivity contribution in [2.45, 2.75) is 19.8 Å². The lowest BCUT2D eigenvalue weighted by atomic mass is 10.1. The van der Waals surface area contributed by atoms with Crippen molar-refractivity contribution in [3.05, 3.63) is 42.5 Å². The van der Waals surface area contributed by atoms with E-state index in [0.29, 0.717) is 6.54 Å². The van der Waals surface area contributed by atoms with Crippen LogP contribution in [0.2, 0.25) is 0 Å². The number of ether oxygens (including phenoxy) is 1. The van der Waals surface area contributed by atoms with Gasteiger partial charge in [0.1, 0.15) is 17.4 Å². The maximum atomic E-state index is 5.63. The normalized spacial score (nSPS) is 10.8. The zero-order valence-electron chi connectivity index (χ0n) is 16.0. The molecule has 0 aliphatic heterocycles. The number of aromatic nitrogens is 2. The van der Waals surface area contributed by atoms with Gasteiger partial charge in [-0.25, -0.2) is 9.97 Å². The van der Waals surface area contributed by atoms with Crippen LogP contribution in [0.4, 0.5) is 11.6 Å². The number of benzene rings is 1. The van der Waals surface area contributed by atoms with E-state index in [-0.39, 0.29) is 0 Å². The quantitative estimate of drug-likeness (QED) is 0.499. The third kappa shape index (κ3) is 4.65. The summed E-state index contributed by atoms with van der Waals surface area (Å²) < 4.78 is 5.25. The molecule has 0 bridgehead atoms. The minimum atomic E-state index is 0.645. The number of hydrogen-bond acceptors (Lipinski definition) is 6. The van der Waals surface area contributed by atoms with E-state index in [1.165, 1.54) is 0 Å². The lowest BCUT2D eigenvalue weighted by molar-refractivity contribution is 0.415. The summed E-state index contributed by atoms with van der Waals surface area (Å²) in [6.45, 7) is 4.46. The number of fused-ring (bicyclic) bond motifs is 1. The summed E-state index contributed by atoms with van der Waals surface area (Å²) in [5.74, 6) is 2.54. The van der Waals surface area contributed by atoms with E-state index in [1.807, 2.05) is 36.4 Å². The van der Waals surface area contributed by atoms with Gasteiger partial charge in [-0.1, -0.05) is 6.92 Å². The van der Waals surface area contributed by atoms with Crippen molar-refractivity contribution >= 4 is 22.5 Å². The Labute approximate surface area is 160 Å². The van der Waals surface area contributed by atoms with Crippen LogP contribution in [0.1, 0.15) is 19.8 Å². The molecule has 1 aromatic carbocycles. The highest BCUT2D eigenvalue weighted by atomic mass is 16.5. The summed E-state index contributed by atoms with van der Waals surface area (Å²) in [7, 11) is 1.66. The fourth-order valence-corrected chi connectivity index (χ4v) is 2.83. The molecule has 4 N–H and O–H groups in total. The van der Waals surface area contributed by atoms with Gasteiger partial charge < -0.3 is 21.1 Å². The predicted molar refractivity (Wildman–Crippen MR) is 112 cm³/mol. The van der Waals surface area contributed by atoms with E-state index in [4.69, 9.17) is 20.4 Å². The van der Waals surface area contributed by atoms with Crippen LogP contribution < -0.4 is 21.1 Å². The van der Waals surface area contributed by atoms with Crippen molar-refractivity contribution in [2.24, 2.45) is 5.73 Å². The molecular weight excluding hydrogens is 338 g/mol. The third-order valence-corrected chi connectivity index (χ3v) is 4.30. The highest BCUT2D eigenvalue weighted by Crippen LogP contribution is 2.29. The number of methoxy groups -OCH3 is 1. The number of pyridine rings is 2. The molecule has 0 saturated carbocycles. The smallest absolute Gasteiger partial charge is 0.136 e. The standard InChI is InChI=1S/C21H27N5O/c1-3-12-23-20-10-9-17-19(25-20)14-18(26-21(17)24-13-4-11-22)15-5-7-16(27-2)8-6-15/h5-10,14H,3-4,11-13,22H2,1-2H3,(H,23,25)(H,24,26). The maximum absolute atomic E-state index is 5.63. The summed E-state index contributed by atoms with van der Waals surface area (Å²) in [6.07, 6.45) is 1.94. The molecule has 0 atom stereocenters.